The highest BCUT2D eigenvalue weighted by Gasteiger charge is 2.00. The molecule has 0 atom stereocenters. The van der Waals surface area contributed by atoms with E-state index in [1.165, 1.54) is 51.5 Å². The van der Waals surface area contributed by atoms with Crippen LogP contribution in [-0.4, -0.2) is 37.6 Å². The first-order valence-electron chi connectivity index (χ1n) is 7.59. The van der Waals surface area contributed by atoms with Crippen molar-refractivity contribution >= 4 is 0 Å². The van der Waals surface area contributed by atoms with Gasteiger partial charge in [0, 0.05) is 19.1 Å². The molecule has 1 N–H and O–H groups in total. The Morgan fingerprint density at radius 3 is 2.06 bits per heavy atom. The molecule has 0 bridgehead atoms. The van der Waals surface area contributed by atoms with Gasteiger partial charge >= 0.3 is 0 Å². The van der Waals surface area contributed by atoms with Crippen LogP contribution in [0, 0.1) is 0 Å². The van der Waals surface area contributed by atoms with Gasteiger partial charge < -0.3 is 10.2 Å². The molecule has 0 aliphatic carbocycles. The van der Waals surface area contributed by atoms with E-state index in [1.807, 2.05) is 0 Å². The van der Waals surface area contributed by atoms with Gasteiger partial charge in [-0.1, -0.05) is 45.4 Å². The van der Waals surface area contributed by atoms with Crippen LogP contribution in [-0.2, 0) is 0 Å². The maximum Gasteiger partial charge on any atom is 0.0106 e. The molecule has 0 aromatic rings. The third-order valence-electron chi connectivity index (χ3n) is 3.48. The first-order valence-corrected chi connectivity index (χ1v) is 7.59. The predicted octanol–water partition coefficient (Wildman–Crippen LogP) is 3.67. The lowest BCUT2D eigenvalue weighted by Crippen LogP contribution is -2.34. The minimum atomic E-state index is 0.662. The van der Waals surface area contributed by atoms with E-state index in [0.717, 1.165) is 13.1 Å². The topological polar surface area (TPSA) is 15.3 Å². The fourth-order valence-electron chi connectivity index (χ4n) is 1.85. The summed E-state index contributed by atoms with van der Waals surface area (Å²) in [5.74, 6) is 0. The summed E-state index contributed by atoms with van der Waals surface area (Å²) in [7, 11) is 2.19. The smallest absolute Gasteiger partial charge is 0.0106 e. The third kappa shape index (κ3) is 12.2. The van der Waals surface area contributed by atoms with Crippen molar-refractivity contribution in [2.24, 2.45) is 0 Å². The number of nitrogens with one attached hydrogen (secondary N) is 1. The van der Waals surface area contributed by atoms with Gasteiger partial charge in [0.1, 0.15) is 0 Å². The molecule has 0 aliphatic rings. The van der Waals surface area contributed by atoms with Crippen molar-refractivity contribution in [2.75, 3.05) is 26.7 Å². The van der Waals surface area contributed by atoms with Gasteiger partial charge in [-0.25, -0.2) is 0 Å². The summed E-state index contributed by atoms with van der Waals surface area (Å²) in [5, 5.41) is 3.53. The summed E-state index contributed by atoms with van der Waals surface area (Å²) in [5.41, 5.74) is 0. The molecular formula is C15H34N2. The summed E-state index contributed by atoms with van der Waals surface area (Å²) in [6.07, 6.45) is 9.81. The van der Waals surface area contributed by atoms with Crippen LogP contribution in [0.1, 0.15) is 65.7 Å². The van der Waals surface area contributed by atoms with E-state index in [9.17, 15) is 0 Å². The standard InChI is InChI=1S/C15H34N2/c1-5-6-7-8-9-10-11-12-16-13-14-17(4)15(2)3/h15-16H,5-14H2,1-4H3. The molecule has 0 aliphatic heterocycles. The van der Waals surface area contributed by atoms with Crippen molar-refractivity contribution in [1.82, 2.24) is 10.2 Å². The van der Waals surface area contributed by atoms with Gasteiger partial charge in [0.2, 0.25) is 0 Å². The van der Waals surface area contributed by atoms with E-state index < -0.39 is 0 Å². The Morgan fingerprint density at radius 1 is 0.882 bits per heavy atom. The fraction of sp³-hybridized carbons (Fsp3) is 1.00. The highest BCUT2D eigenvalue weighted by Crippen LogP contribution is 2.06. The molecule has 0 aromatic heterocycles. The number of nitrogens with zero attached hydrogens (tertiary/aromatic N) is 1. The molecule has 0 saturated heterocycles. The molecule has 0 unspecified atom stereocenters. The number of rotatable bonds is 12. The van der Waals surface area contributed by atoms with Crippen LogP contribution >= 0.6 is 0 Å². The van der Waals surface area contributed by atoms with Crippen molar-refractivity contribution < 1.29 is 0 Å². The Morgan fingerprint density at radius 2 is 1.47 bits per heavy atom. The highest BCUT2D eigenvalue weighted by molar-refractivity contribution is 4.59. The van der Waals surface area contributed by atoms with Crippen molar-refractivity contribution in [1.29, 1.82) is 0 Å². The second-order valence-corrected chi connectivity index (χ2v) is 5.45. The van der Waals surface area contributed by atoms with E-state index in [2.05, 4.69) is 38.0 Å². The van der Waals surface area contributed by atoms with E-state index in [0.29, 0.717) is 6.04 Å². The molecule has 2 nitrogen and oxygen atoms in total. The Labute approximate surface area is 109 Å². The predicted molar refractivity (Wildman–Crippen MR) is 78.6 cm³/mol. The molecule has 0 radical (unpaired) electrons. The maximum absolute atomic E-state index is 3.53. The molecule has 0 spiro atoms. The lowest BCUT2D eigenvalue weighted by atomic mass is 10.1. The molecule has 0 saturated carbocycles. The monoisotopic (exact) mass is 242 g/mol. The van der Waals surface area contributed by atoms with Gasteiger partial charge in [-0.2, -0.15) is 0 Å². The second-order valence-electron chi connectivity index (χ2n) is 5.45. The Bertz CT molecular complexity index is 146. The Balaban J connectivity index is 3.03. The number of likely N-dealkylation sites (N-methyl/N-ethyl adjacent to an activating group) is 1. The van der Waals surface area contributed by atoms with Crippen LogP contribution in [0.15, 0.2) is 0 Å². The minimum absolute atomic E-state index is 0.662. The summed E-state index contributed by atoms with van der Waals surface area (Å²) in [6, 6.07) is 0.662. The molecule has 17 heavy (non-hydrogen) atoms. The SMILES string of the molecule is CCCCCCCCCNCCN(C)C(C)C. The summed E-state index contributed by atoms with van der Waals surface area (Å²) in [4.78, 5) is 2.39. The number of hydrogen-bond donors (Lipinski definition) is 1. The van der Waals surface area contributed by atoms with Gasteiger partial charge in [-0.15, -0.1) is 0 Å². The van der Waals surface area contributed by atoms with Crippen LogP contribution in [0.25, 0.3) is 0 Å². The van der Waals surface area contributed by atoms with Gasteiger partial charge in [0.15, 0.2) is 0 Å². The van der Waals surface area contributed by atoms with Gasteiger partial charge in [-0.3, -0.25) is 0 Å². The quantitative estimate of drug-likeness (QED) is 0.525. The summed E-state index contributed by atoms with van der Waals surface area (Å²) >= 11 is 0. The largest absolute Gasteiger partial charge is 0.315 e. The van der Waals surface area contributed by atoms with Crippen molar-refractivity contribution in [2.45, 2.75) is 71.8 Å². The van der Waals surface area contributed by atoms with Crippen LogP contribution in [0.4, 0.5) is 0 Å². The second kappa shape index (κ2) is 12.4. The molecule has 104 valence electrons. The molecule has 0 fully saturated rings. The van der Waals surface area contributed by atoms with Crippen molar-refractivity contribution in [3.63, 3.8) is 0 Å². The zero-order valence-electron chi connectivity index (χ0n) is 12.6. The van der Waals surface area contributed by atoms with E-state index >= 15 is 0 Å². The van der Waals surface area contributed by atoms with E-state index in [1.54, 1.807) is 0 Å². The lowest BCUT2D eigenvalue weighted by molar-refractivity contribution is 0.273. The zero-order chi connectivity index (χ0) is 12.9. The highest BCUT2D eigenvalue weighted by atomic mass is 15.1. The normalized spacial score (nSPS) is 11.6. The van der Waals surface area contributed by atoms with Crippen molar-refractivity contribution in [3.05, 3.63) is 0 Å². The lowest BCUT2D eigenvalue weighted by Gasteiger charge is -2.20. The zero-order valence-corrected chi connectivity index (χ0v) is 12.6. The number of hydrogen-bond acceptors (Lipinski definition) is 2. The van der Waals surface area contributed by atoms with Crippen molar-refractivity contribution in [3.8, 4) is 0 Å². The molecule has 0 aromatic carbocycles. The molecule has 0 rings (SSSR count). The molecular weight excluding hydrogens is 208 g/mol. The number of unbranched alkanes of at least 4 members (excludes halogenated alkanes) is 6. The first-order chi connectivity index (χ1) is 8.18. The molecule has 0 amide bonds. The average Bonchev–Trinajstić information content (AvgIpc) is 2.31. The van der Waals surface area contributed by atoms with E-state index in [4.69, 9.17) is 0 Å². The summed E-state index contributed by atoms with van der Waals surface area (Å²) in [6.45, 7) is 10.3. The Kier molecular flexibility index (Phi) is 12.3. The van der Waals surface area contributed by atoms with Crippen LogP contribution in [0.5, 0.6) is 0 Å². The van der Waals surface area contributed by atoms with Crippen LogP contribution in [0.2, 0.25) is 0 Å². The minimum Gasteiger partial charge on any atom is -0.315 e. The maximum atomic E-state index is 3.53. The van der Waals surface area contributed by atoms with Crippen LogP contribution in [0.3, 0.4) is 0 Å². The average molecular weight is 242 g/mol. The molecule has 0 heterocycles. The van der Waals surface area contributed by atoms with Crippen LogP contribution < -0.4 is 5.32 Å². The first kappa shape index (κ1) is 16.9. The molecule has 2 heteroatoms. The Hall–Kier alpha value is -0.0800. The summed E-state index contributed by atoms with van der Waals surface area (Å²) < 4.78 is 0. The third-order valence-corrected chi connectivity index (χ3v) is 3.48. The van der Waals surface area contributed by atoms with Gasteiger partial charge in [-0.05, 0) is 33.9 Å². The fourth-order valence-corrected chi connectivity index (χ4v) is 1.85. The van der Waals surface area contributed by atoms with Gasteiger partial charge in [0.05, 0.1) is 0 Å². The van der Waals surface area contributed by atoms with Gasteiger partial charge in [0.25, 0.3) is 0 Å². The van der Waals surface area contributed by atoms with E-state index in [-0.39, 0.29) is 0 Å².